The molecular weight excluding hydrogens is 240 g/mol. The quantitative estimate of drug-likeness (QED) is 0.843. The van der Waals surface area contributed by atoms with Crippen LogP contribution < -0.4 is 15.8 Å². The molecule has 1 fully saturated rings. The van der Waals surface area contributed by atoms with Gasteiger partial charge in [0, 0.05) is 23.0 Å². The Morgan fingerprint density at radius 1 is 1.53 bits per heavy atom. The molecule has 4 nitrogen and oxygen atoms in total. The molecule has 0 aliphatic carbocycles. The molecule has 2 unspecified atom stereocenters. The standard InChI is InChI=1S/C12H15ClN2O2/c1-17-9-4-2-3-7(13)11(9)12-8(14)5-6-10(16)15-12/h2-4,8,12H,5-6,14H2,1H3,(H,15,16). The van der Waals surface area contributed by atoms with E-state index in [1.165, 1.54) is 0 Å². The monoisotopic (exact) mass is 254 g/mol. The normalized spacial score (nSPS) is 24.3. The number of carbonyl (C=O) groups excluding carboxylic acids is 1. The number of nitrogens with one attached hydrogen (secondary N) is 1. The number of rotatable bonds is 2. The van der Waals surface area contributed by atoms with Gasteiger partial charge in [-0.15, -0.1) is 0 Å². The van der Waals surface area contributed by atoms with Crippen molar-refractivity contribution in [3.05, 3.63) is 28.8 Å². The molecule has 1 aromatic carbocycles. The zero-order valence-electron chi connectivity index (χ0n) is 9.57. The summed E-state index contributed by atoms with van der Waals surface area (Å²) in [5.41, 5.74) is 6.80. The van der Waals surface area contributed by atoms with Crippen molar-refractivity contribution >= 4 is 17.5 Å². The van der Waals surface area contributed by atoms with E-state index in [2.05, 4.69) is 5.32 Å². The third kappa shape index (κ3) is 2.37. The first-order valence-corrected chi connectivity index (χ1v) is 5.88. The van der Waals surface area contributed by atoms with Crippen LogP contribution in [0.4, 0.5) is 0 Å². The van der Waals surface area contributed by atoms with Crippen LogP contribution in [0.5, 0.6) is 5.75 Å². The molecule has 0 saturated carbocycles. The molecule has 0 radical (unpaired) electrons. The van der Waals surface area contributed by atoms with E-state index in [0.29, 0.717) is 23.6 Å². The lowest BCUT2D eigenvalue weighted by Crippen LogP contribution is -2.46. The average molecular weight is 255 g/mol. The maximum absolute atomic E-state index is 11.5. The predicted molar refractivity (Wildman–Crippen MR) is 66.1 cm³/mol. The Kier molecular flexibility index (Phi) is 3.54. The van der Waals surface area contributed by atoms with Gasteiger partial charge in [0.1, 0.15) is 5.75 Å². The SMILES string of the molecule is COc1cccc(Cl)c1C1NC(=O)CCC1N. The molecule has 1 saturated heterocycles. The Hall–Kier alpha value is -1.26. The Balaban J connectivity index is 2.40. The number of nitrogens with two attached hydrogens (primary N) is 1. The van der Waals surface area contributed by atoms with Gasteiger partial charge in [0.05, 0.1) is 13.2 Å². The number of halogens is 1. The molecule has 2 rings (SSSR count). The number of piperidine rings is 1. The van der Waals surface area contributed by atoms with Gasteiger partial charge >= 0.3 is 0 Å². The Labute approximate surface area is 105 Å². The number of carbonyl (C=O) groups is 1. The van der Waals surface area contributed by atoms with E-state index in [-0.39, 0.29) is 18.0 Å². The van der Waals surface area contributed by atoms with Crippen LogP contribution in [-0.4, -0.2) is 19.1 Å². The van der Waals surface area contributed by atoms with E-state index in [1.54, 1.807) is 19.2 Å². The molecule has 1 heterocycles. The minimum absolute atomic E-state index is 0.00123. The molecule has 1 aliphatic rings. The van der Waals surface area contributed by atoms with Crippen LogP contribution in [0.15, 0.2) is 18.2 Å². The van der Waals surface area contributed by atoms with Crippen LogP contribution >= 0.6 is 11.6 Å². The highest BCUT2D eigenvalue weighted by Crippen LogP contribution is 2.35. The number of benzene rings is 1. The van der Waals surface area contributed by atoms with Gasteiger partial charge in [-0.3, -0.25) is 4.79 Å². The third-order valence-electron chi connectivity index (χ3n) is 2.99. The van der Waals surface area contributed by atoms with Crippen LogP contribution in [0.25, 0.3) is 0 Å². The minimum atomic E-state index is -0.278. The smallest absolute Gasteiger partial charge is 0.220 e. The fraction of sp³-hybridized carbons (Fsp3) is 0.417. The summed E-state index contributed by atoms with van der Waals surface area (Å²) in [6.07, 6.45) is 1.12. The summed E-state index contributed by atoms with van der Waals surface area (Å²) in [5.74, 6) is 0.652. The number of hydrogen-bond acceptors (Lipinski definition) is 3. The fourth-order valence-electron chi connectivity index (χ4n) is 2.10. The largest absolute Gasteiger partial charge is 0.496 e. The molecule has 0 bridgehead atoms. The number of ether oxygens (including phenoxy) is 1. The predicted octanol–water partition coefficient (Wildman–Crippen LogP) is 1.63. The Morgan fingerprint density at radius 3 is 3.00 bits per heavy atom. The van der Waals surface area contributed by atoms with Crippen molar-refractivity contribution < 1.29 is 9.53 Å². The van der Waals surface area contributed by atoms with Gasteiger partial charge in [-0.2, -0.15) is 0 Å². The van der Waals surface area contributed by atoms with Gasteiger partial charge < -0.3 is 15.8 Å². The molecule has 3 N–H and O–H groups in total. The van der Waals surface area contributed by atoms with Crippen LogP contribution in [0, 0.1) is 0 Å². The summed E-state index contributed by atoms with van der Waals surface area (Å²) >= 11 is 6.17. The molecule has 1 amide bonds. The lowest BCUT2D eigenvalue weighted by atomic mass is 9.92. The van der Waals surface area contributed by atoms with Crippen LogP contribution in [-0.2, 0) is 4.79 Å². The molecule has 1 aromatic rings. The van der Waals surface area contributed by atoms with Crippen molar-refractivity contribution in [2.45, 2.75) is 24.9 Å². The Morgan fingerprint density at radius 2 is 2.29 bits per heavy atom. The van der Waals surface area contributed by atoms with Gasteiger partial charge in [0.15, 0.2) is 0 Å². The first-order chi connectivity index (χ1) is 8.13. The van der Waals surface area contributed by atoms with Gasteiger partial charge in [-0.05, 0) is 18.6 Å². The summed E-state index contributed by atoms with van der Waals surface area (Å²) in [7, 11) is 1.57. The summed E-state index contributed by atoms with van der Waals surface area (Å²) in [5, 5.41) is 3.43. The van der Waals surface area contributed by atoms with E-state index in [1.807, 2.05) is 6.07 Å². The van der Waals surface area contributed by atoms with Gasteiger partial charge in [-0.1, -0.05) is 17.7 Å². The molecular formula is C12H15ClN2O2. The summed E-state index contributed by atoms with van der Waals surface area (Å²) in [6.45, 7) is 0. The lowest BCUT2D eigenvalue weighted by Gasteiger charge is -2.31. The maximum atomic E-state index is 11.5. The van der Waals surface area contributed by atoms with Crippen molar-refractivity contribution in [2.75, 3.05) is 7.11 Å². The van der Waals surface area contributed by atoms with E-state index in [4.69, 9.17) is 22.1 Å². The maximum Gasteiger partial charge on any atom is 0.220 e. The number of hydrogen-bond donors (Lipinski definition) is 2. The topological polar surface area (TPSA) is 64.3 Å². The van der Waals surface area contributed by atoms with E-state index >= 15 is 0 Å². The first-order valence-electron chi connectivity index (χ1n) is 5.51. The molecule has 2 atom stereocenters. The second-order valence-electron chi connectivity index (χ2n) is 4.10. The third-order valence-corrected chi connectivity index (χ3v) is 3.32. The summed E-state index contributed by atoms with van der Waals surface area (Å²) in [6, 6.07) is 4.98. The molecule has 1 aliphatic heterocycles. The second-order valence-corrected chi connectivity index (χ2v) is 4.51. The second kappa shape index (κ2) is 4.94. The zero-order chi connectivity index (χ0) is 12.4. The van der Waals surface area contributed by atoms with Crippen molar-refractivity contribution in [1.82, 2.24) is 5.32 Å². The van der Waals surface area contributed by atoms with E-state index < -0.39 is 0 Å². The summed E-state index contributed by atoms with van der Waals surface area (Å²) in [4.78, 5) is 11.5. The lowest BCUT2D eigenvalue weighted by molar-refractivity contribution is -0.123. The van der Waals surface area contributed by atoms with Crippen LogP contribution in [0.2, 0.25) is 5.02 Å². The van der Waals surface area contributed by atoms with Crippen molar-refractivity contribution in [1.29, 1.82) is 0 Å². The zero-order valence-corrected chi connectivity index (χ0v) is 10.3. The van der Waals surface area contributed by atoms with Crippen molar-refractivity contribution in [3.8, 4) is 5.75 Å². The molecule has 0 aromatic heterocycles. The van der Waals surface area contributed by atoms with Crippen LogP contribution in [0.3, 0.4) is 0 Å². The molecule has 0 spiro atoms. The highest BCUT2D eigenvalue weighted by Gasteiger charge is 2.30. The highest BCUT2D eigenvalue weighted by atomic mass is 35.5. The minimum Gasteiger partial charge on any atom is -0.496 e. The first kappa shape index (κ1) is 12.2. The van der Waals surface area contributed by atoms with Gasteiger partial charge in [-0.25, -0.2) is 0 Å². The van der Waals surface area contributed by atoms with Crippen molar-refractivity contribution in [3.63, 3.8) is 0 Å². The Bertz CT molecular complexity index is 437. The van der Waals surface area contributed by atoms with Gasteiger partial charge in [0.25, 0.3) is 0 Å². The average Bonchev–Trinajstić information content (AvgIpc) is 2.32. The molecule has 17 heavy (non-hydrogen) atoms. The number of methoxy groups -OCH3 is 1. The molecule has 5 heteroatoms. The number of amides is 1. The van der Waals surface area contributed by atoms with E-state index in [0.717, 1.165) is 5.56 Å². The fourth-order valence-corrected chi connectivity index (χ4v) is 2.38. The summed E-state index contributed by atoms with van der Waals surface area (Å²) < 4.78 is 5.27. The highest BCUT2D eigenvalue weighted by molar-refractivity contribution is 6.31. The van der Waals surface area contributed by atoms with Gasteiger partial charge in [0.2, 0.25) is 5.91 Å². The van der Waals surface area contributed by atoms with E-state index in [9.17, 15) is 4.79 Å². The van der Waals surface area contributed by atoms with Crippen molar-refractivity contribution in [2.24, 2.45) is 5.73 Å². The molecule has 92 valence electrons. The van der Waals surface area contributed by atoms with Crippen LogP contribution in [0.1, 0.15) is 24.4 Å².